The maximum atomic E-state index is 15.0. The van der Waals surface area contributed by atoms with Gasteiger partial charge in [-0.15, -0.1) is 0 Å². The van der Waals surface area contributed by atoms with Crippen LogP contribution >= 0.6 is 11.8 Å². The molecule has 5 rings (SSSR count). The lowest BCUT2D eigenvalue weighted by molar-refractivity contribution is -0.137. The molecule has 0 spiro atoms. The number of benzene rings is 3. The number of nitrogens with zero attached hydrogens (tertiary/aromatic N) is 4. The van der Waals surface area contributed by atoms with Gasteiger partial charge in [-0.25, -0.2) is 4.39 Å². The molecule has 0 bridgehead atoms. The van der Waals surface area contributed by atoms with E-state index in [-0.39, 0.29) is 58.6 Å². The first-order valence-electron chi connectivity index (χ1n) is 21.5. The van der Waals surface area contributed by atoms with Gasteiger partial charge in [-0.05, 0) is 91.3 Å². The van der Waals surface area contributed by atoms with Crippen LogP contribution in [0.1, 0.15) is 71.6 Å². The SMILES string of the molecule is [2H]c1c([2H])c(-c2c([2H])c([2H])c(C(F)(F)F)c([2H])c2[2H])c([2H])c(C)c1CN(C(=O)C([2H])([2H])n1c(SCc2ccc(F)cc2)nc(=O)c2c1CCC2)C([2H])([2H])C([2H])([2H])N(CC)CC. The highest BCUT2D eigenvalue weighted by Gasteiger charge is 2.30. The molecule has 0 atom stereocenters. The Morgan fingerprint density at radius 3 is 2.38 bits per heavy atom. The van der Waals surface area contributed by atoms with E-state index >= 15 is 0 Å². The zero-order valence-electron chi connectivity index (χ0n) is 39.3. The predicted molar refractivity (Wildman–Crippen MR) is 181 cm³/mol. The van der Waals surface area contributed by atoms with E-state index in [1.165, 1.54) is 38.1 Å². The third kappa shape index (κ3) is 8.54. The number of hydrogen-bond acceptors (Lipinski definition) is 5. The van der Waals surface area contributed by atoms with E-state index in [1.807, 2.05) is 0 Å². The summed E-state index contributed by atoms with van der Waals surface area (Å²) in [5.41, 5.74) is -4.39. The lowest BCUT2D eigenvalue weighted by atomic mass is 9.98. The second-order valence-corrected chi connectivity index (χ2v) is 11.7. The number of likely N-dealkylation sites (N-methyl/N-ethyl adjacent to an activating group) is 1. The van der Waals surface area contributed by atoms with Crippen molar-refractivity contribution in [2.75, 3.05) is 26.1 Å². The van der Waals surface area contributed by atoms with Crippen molar-refractivity contribution in [2.24, 2.45) is 0 Å². The van der Waals surface area contributed by atoms with Gasteiger partial charge in [0.05, 0.1) is 20.6 Å². The van der Waals surface area contributed by atoms with Gasteiger partial charge in [-0.3, -0.25) is 9.59 Å². The molecular weight excluding hydrogens is 640 g/mol. The van der Waals surface area contributed by atoms with Crippen LogP contribution in [0, 0.1) is 12.7 Å². The average Bonchev–Trinajstić information content (AvgIpc) is 3.67. The van der Waals surface area contributed by atoms with E-state index in [2.05, 4.69) is 4.98 Å². The third-order valence-electron chi connectivity index (χ3n) is 7.52. The van der Waals surface area contributed by atoms with Gasteiger partial charge in [0.25, 0.3) is 5.56 Å². The van der Waals surface area contributed by atoms with Crippen LogP contribution in [-0.4, -0.2) is 51.3 Å². The first-order chi connectivity index (χ1) is 28.2. The molecule has 1 aliphatic rings. The molecule has 1 heterocycles. The first-order valence-corrected chi connectivity index (χ1v) is 16.0. The fourth-order valence-corrected chi connectivity index (χ4v) is 5.76. The Morgan fingerprint density at radius 2 is 1.71 bits per heavy atom. The number of rotatable bonds is 13. The largest absolute Gasteiger partial charge is 0.416 e. The minimum atomic E-state index is -5.31. The Morgan fingerprint density at radius 1 is 1.02 bits per heavy atom. The minimum Gasteiger partial charge on any atom is -0.336 e. The number of aromatic nitrogens is 2. The van der Waals surface area contributed by atoms with Crippen LogP contribution in [0.2, 0.25) is 0 Å². The van der Waals surface area contributed by atoms with Crippen molar-refractivity contribution < 1.29 is 40.2 Å². The quantitative estimate of drug-likeness (QED) is 0.0824. The average molecular weight is 694 g/mol. The summed E-state index contributed by atoms with van der Waals surface area (Å²) >= 11 is 0.829. The van der Waals surface area contributed by atoms with Crippen molar-refractivity contribution >= 4 is 17.7 Å². The molecular formula is C37H40F4N4O2S. The summed E-state index contributed by atoms with van der Waals surface area (Å²) in [5, 5.41) is -0.305. The number of carbonyl (C=O) groups is 1. The van der Waals surface area contributed by atoms with Crippen LogP contribution in [-0.2, 0) is 42.6 Å². The van der Waals surface area contributed by atoms with Gasteiger partial charge in [0.1, 0.15) is 12.3 Å². The van der Waals surface area contributed by atoms with E-state index in [9.17, 15) is 32.6 Å². The smallest absolute Gasteiger partial charge is 0.336 e. The molecule has 1 amide bonds. The Labute approximate surface area is 301 Å². The number of carbonyl (C=O) groups excluding carboxylic acids is 1. The van der Waals surface area contributed by atoms with E-state index in [0.29, 0.717) is 12.0 Å². The molecule has 1 aromatic heterocycles. The third-order valence-corrected chi connectivity index (χ3v) is 8.53. The number of alkyl halides is 3. The Balaban J connectivity index is 1.74. The molecule has 0 saturated carbocycles. The number of fused-ring (bicyclic) bond motifs is 1. The zero-order valence-corrected chi connectivity index (χ0v) is 27.1. The highest BCUT2D eigenvalue weighted by molar-refractivity contribution is 7.98. The molecule has 0 unspecified atom stereocenters. The topological polar surface area (TPSA) is 58.4 Å². The fourth-order valence-electron chi connectivity index (χ4n) is 4.84. The molecule has 0 saturated heterocycles. The summed E-state index contributed by atoms with van der Waals surface area (Å²) in [5.74, 6) is -2.23. The van der Waals surface area contributed by atoms with Gasteiger partial charge in [-0.2, -0.15) is 18.2 Å². The second kappa shape index (κ2) is 15.5. The van der Waals surface area contributed by atoms with Gasteiger partial charge >= 0.3 is 6.18 Å². The Hall–Kier alpha value is -3.96. The molecule has 1 aliphatic carbocycles. The number of halogens is 4. The van der Waals surface area contributed by atoms with Gasteiger partial charge in [0.15, 0.2) is 5.16 Å². The molecule has 48 heavy (non-hydrogen) atoms. The van der Waals surface area contributed by atoms with Gasteiger partial charge < -0.3 is 14.4 Å². The number of thioether (sulfide) groups is 1. The van der Waals surface area contributed by atoms with Crippen LogP contribution < -0.4 is 5.56 Å². The highest BCUT2D eigenvalue weighted by Crippen LogP contribution is 2.32. The maximum absolute atomic E-state index is 15.0. The molecule has 0 N–H and O–H groups in total. The van der Waals surface area contributed by atoms with E-state index < -0.39 is 114 Å². The Bertz CT molecular complexity index is 2390. The normalized spacial score (nSPS) is 17.6. The second-order valence-electron chi connectivity index (χ2n) is 10.7. The number of hydrogen-bond donors (Lipinski definition) is 0. The highest BCUT2D eigenvalue weighted by atomic mass is 32.2. The summed E-state index contributed by atoms with van der Waals surface area (Å²) in [6, 6.07) is -3.02. The van der Waals surface area contributed by atoms with Crippen LogP contribution in [0.5, 0.6) is 0 Å². The minimum absolute atomic E-state index is 0.0134. The van der Waals surface area contributed by atoms with Gasteiger partial charge in [0, 0.05) is 39.3 Å². The van der Waals surface area contributed by atoms with Crippen molar-refractivity contribution in [2.45, 2.75) is 70.2 Å². The van der Waals surface area contributed by atoms with Crippen molar-refractivity contribution in [1.82, 2.24) is 19.4 Å². The molecule has 0 radical (unpaired) electrons. The van der Waals surface area contributed by atoms with E-state index in [1.54, 1.807) is 0 Å². The lowest BCUT2D eigenvalue weighted by Crippen LogP contribution is -2.40. The monoisotopic (exact) mass is 693 g/mol. The molecule has 11 heteroatoms. The van der Waals surface area contributed by atoms with Gasteiger partial charge in [-0.1, -0.05) is 68.0 Å². The van der Waals surface area contributed by atoms with Crippen LogP contribution in [0.4, 0.5) is 17.6 Å². The maximum Gasteiger partial charge on any atom is 0.416 e. The Kier molecular flexibility index (Phi) is 7.07. The lowest BCUT2D eigenvalue weighted by Gasteiger charge is -2.28. The first kappa shape index (κ1) is 21.9. The van der Waals surface area contributed by atoms with E-state index in [4.69, 9.17) is 12.3 Å². The molecule has 4 aromatic rings. The molecule has 254 valence electrons. The fraction of sp³-hybridized carbons (Fsp3) is 0.378. The zero-order chi connectivity index (χ0) is 45.9. The molecule has 0 fully saturated rings. The predicted octanol–water partition coefficient (Wildman–Crippen LogP) is 7.53. The van der Waals surface area contributed by atoms with Crippen LogP contribution in [0.3, 0.4) is 0 Å². The van der Waals surface area contributed by atoms with Crippen molar-refractivity contribution in [3.8, 4) is 11.1 Å². The number of amides is 1. The summed E-state index contributed by atoms with van der Waals surface area (Å²) < 4.78 is 170. The summed E-state index contributed by atoms with van der Waals surface area (Å²) in [7, 11) is 0. The van der Waals surface area contributed by atoms with Crippen molar-refractivity contribution in [1.29, 1.82) is 0 Å². The van der Waals surface area contributed by atoms with E-state index in [0.717, 1.165) is 28.2 Å². The van der Waals surface area contributed by atoms with Crippen LogP contribution in [0.25, 0.3) is 11.1 Å². The summed E-state index contributed by atoms with van der Waals surface area (Å²) in [6.07, 6.45) is -4.67. The molecule has 6 nitrogen and oxygen atoms in total. The van der Waals surface area contributed by atoms with Crippen molar-refractivity contribution in [3.63, 3.8) is 0 Å². The summed E-state index contributed by atoms with van der Waals surface area (Å²) in [6.45, 7) is -7.14. The van der Waals surface area contributed by atoms with Crippen molar-refractivity contribution in [3.05, 3.63) is 116 Å². The molecule has 0 aliphatic heterocycles. The summed E-state index contributed by atoms with van der Waals surface area (Å²) in [4.78, 5) is 33.4. The molecule has 3 aromatic carbocycles. The van der Waals surface area contributed by atoms with Crippen LogP contribution in [0.15, 0.2) is 76.5 Å². The van der Waals surface area contributed by atoms with Gasteiger partial charge in [0.2, 0.25) is 5.91 Å². The standard InChI is InChI=1S/C37H40F4N4O2S/c1-4-43(5-2)19-20-44(22-29-12-11-28(21-25(29)3)27-13-15-30(16-14-27)37(39,40)41)34(46)23-45-33-8-6-7-32(33)35(47)42-36(45)48-24-26-9-17-31(38)18-10-26/h9-18,21H,4-8,19-20,22-24H2,1-3H3/i11D,12D,13D,14D,15D,16D,19D2,20D2,21D,23D2.